The standard InChI is InChI=1S/C18H16F2N6O2S/c1-2-29(27,28)25-9-17(10-25,4-5-21)26-8-12-11-3-6-22-16-14(11)13(7-23-16)18(19,20)15(12)24-26/h3,6-8H,2,4,9-10H2,1H3,(H,22,23). The summed E-state index contributed by atoms with van der Waals surface area (Å²) >= 11 is 0. The normalized spacial score (nSPS) is 19.5. The number of hydrogen-bond acceptors (Lipinski definition) is 5. The highest BCUT2D eigenvalue weighted by atomic mass is 32.2. The first-order valence-electron chi connectivity index (χ1n) is 9.04. The lowest BCUT2D eigenvalue weighted by molar-refractivity contribution is 0.0326. The van der Waals surface area contributed by atoms with Gasteiger partial charge in [-0.3, -0.25) is 4.68 Å². The van der Waals surface area contributed by atoms with E-state index in [9.17, 15) is 13.7 Å². The SMILES string of the molecule is CCS(=O)(=O)N1CC(CC#N)(n2cc3c(n2)C(F)(F)c2c[nH]c4nccc-3c24)C1. The molecular formula is C18H16F2N6O2S. The molecule has 0 amide bonds. The van der Waals surface area contributed by atoms with Crippen molar-refractivity contribution in [3.63, 3.8) is 0 Å². The molecule has 0 atom stereocenters. The topological polar surface area (TPSA) is 108 Å². The Morgan fingerprint density at radius 2 is 2.10 bits per heavy atom. The van der Waals surface area contributed by atoms with Crippen molar-refractivity contribution in [3.8, 4) is 17.2 Å². The number of nitriles is 1. The first-order chi connectivity index (χ1) is 13.7. The van der Waals surface area contributed by atoms with Gasteiger partial charge >= 0.3 is 5.92 Å². The minimum absolute atomic E-state index is 0.0293. The number of H-pyrrole nitrogens is 1. The highest BCUT2D eigenvalue weighted by molar-refractivity contribution is 7.89. The Balaban J connectivity index is 1.65. The molecule has 0 aromatic carbocycles. The van der Waals surface area contributed by atoms with Crippen molar-refractivity contribution < 1.29 is 17.2 Å². The molecule has 3 aromatic heterocycles. The van der Waals surface area contributed by atoms with E-state index in [2.05, 4.69) is 15.1 Å². The second-order valence-corrected chi connectivity index (χ2v) is 9.68. The molecule has 0 unspecified atom stereocenters. The van der Waals surface area contributed by atoms with Gasteiger partial charge in [0.15, 0.2) is 0 Å². The molecule has 4 heterocycles. The molecule has 0 bridgehead atoms. The number of hydrogen-bond donors (Lipinski definition) is 1. The molecule has 8 nitrogen and oxygen atoms in total. The van der Waals surface area contributed by atoms with Crippen molar-refractivity contribution >= 4 is 21.1 Å². The van der Waals surface area contributed by atoms with E-state index >= 15 is 8.78 Å². The maximum absolute atomic E-state index is 15.2. The Labute approximate surface area is 164 Å². The molecule has 29 heavy (non-hydrogen) atoms. The van der Waals surface area contributed by atoms with Crippen LogP contribution in [0.2, 0.25) is 0 Å². The summed E-state index contributed by atoms with van der Waals surface area (Å²) in [5, 5.41) is 13.8. The Bertz CT molecular complexity index is 1300. The van der Waals surface area contributed by atoms with Crippen LogP contribution in [0, 0.1) is 11.3 Å². The summed E-state index contributed by atoms with van der Waals surface area (Å²) in [5.74, 6) is -3.39. The molecule has 5 rings (SSSR count). The first kappa shape index (κ1) is 18.2. The van der Waals surface area contributed by atoms with Gasteiger partial charge in [0.05, 0.1) is 23.8 Å². The minimum atomic E-state index is -3.43. The van der Waals surface area contributed by atoms with Crippen LogP contribution in [0.15, 0.2) is 24.7 Å². The monoisotopic (exact) mass is 418 g/mol. The van der Waals surface area contributed by atoms with Crippen molar-refractivity contribution in [2.24, 2.45) is 0 Å². The Morgan fingerprint density at radius 1 is 1.34 bits per heavy atom. The highest BCUT2D eigenvalue weighted by Gasteiger charge is 2.52. The van der Waals surface area contributed by atoms with Gasteiger partial charge in [0.1, 0.15) is 16.9 Å². The third-order valence-electron chi connectivity index (χ3n) is 5.81. The summed E-state index contributed by atoms with van der Waals surface area (Å²) < 4.78 is 57.3. The van der Waals surface area contributed by atoms with Crippen LogP contribution in [-0.4, -0.2) is 51.3 Å². The van der Waals surface area contributed by atoms with Crippen LogP contribution in [0.4, 0.5) is 8.78 Å². The van der Waals surface area contributed by atoms with Crippen LogP contribution >= 0.6 is 0 Å². The Kier molecular flexibility index (Phi) is 3.52. The second-order valence-electron chi connectivity index (χ2n) is 7.42. The van der Waals surface area contributed by atoms with Crippen LogP contribution in [0.5, 0.6) is 0 Å². The fourth-order valence-corrected chi connectivity index (χ4v) is 5.42. The summed E-state index contributed by atoms with van der Waals surface area (Å²) in [5.41, 5.74) is -0.331. The molecule has 2 aliphatic rings. The molecule has 0 spiro atoms. The maximum Gasteiger partial charge on any atom is 0.319 e. The zero-order valence-electron chi connectivity index (χ0n) is 15.4. The lowest BCUT2D eigenvalue weighted by atomic mass is 9.88. The van der Waals surface area contributed by atoms with E-state index in [0.717, 1.165) is 0 Å². The van der Waals surface area contributed by atoms with E-state index < -0.39 is 27.2 Å². The lowest BCUT2D eigenvalue weighted by Gasteiger charge is -2.47. The number of aromatic nitrogens is 4. The third-order valence-corrected chi connectivity index (χ3v) is 7.58. The number of alkyl halides is 2. The van der Waals surface area contributed by atoms with E-state index in [0.29, 0.717) is 16.6 Å². The van der Waals surface area contributed by atoms with Crippen molar-refractivity contribution in [1.82, 2.24) is 24.1 Å². The minimum Gasteiger partial charge on any atom is -0.346 e. The summed E-state index contributed by atoms with van der Waals surface area (Å²) in [6, 6.07) is 3.71. The van der Waals surface area contributed by atoms with Gasteiger partial charge in [-0.1, -0.05) is 0 Å². The summed E-state index contributed by atoms with van der Waals surface area (Å²) in [7, 11) is -3.43. The summed E-state index contributed by atoms with van der Waals surface area (Å²) in [4.78, 5) is 6.88. The summed E-state index contributed by atoms with van der Waals surface area (Å²) in [6.07, 6.45) is 4.24. The van der Waals surface area contributed by atoms with Crippen LogP contribution < -0.4 is 0 Å². The van der Waals surface area contributed by atoms with Gasteiger partial charge in [-0.2, -0.15) is 23.4 Å². The zero-order chi connectivity index (χ0) is 20.6. The zero-order valence-corrected chi connectivity index (χ0v) is 16.2. The van der Waals surface area contributed by atoms with Crippen LogP contribution in [-0.2, 0) is 21.5 Å². The number of nitrogens with one attached hydrogen (secondary N) is 1. The summed E-state index contributed by atoms with van der Waals surface area (Å²) in [6.45, 7) is 1.60. The third kappa shape index (κ3) is 2.27. The number of nitrogens with zero attached hydrogens (tertiary/aromatic N) is 5. The molecule has 0 saturated carbocycles. The van der Waals surface area contributed by atoms with Gasteiger partial charge in [0.25, 0.3) is 0 Å². The predicted molar refractivity (Wildman–Crippen MR) is 99.5 cm³/mol. The highest BCUT2D eigenvalue weighted by Crippen LogP contribution is 2.50. The number of rotatable bonds is 4. The van der Waals surface area contributed by atoms with Crippen molar-refractivity contribution in [2.75, 3.05) is 18.8 Å². The molecule has 3 aromatic rings. The van der Waals surface area contributed by atoms with E-state index in [1.54, 1.807) is 6.07 Å². The molecule has 1 aliphatic carbocycles. The lowest BCUT2D eigenvalue weighted by Crippen LogP contribution is -2.64. The quantitative estimate of drug-likeness (QED) is 0.699. The number of fused-ring (bicyclic) bond motifs is 2. The molecule has 11 heteroatoms. The molecular weight excluding hydrogens is 402 g/mol. The first-order valence-corrected chi connectivity index (χ1v) is 10.6. The number of sulfonamides is 1. The molecule has 150 valence electrons. The van der Waals surface area contributed by atoms with E-state index in [4.69, 9.17) is 0 Å². The smallest absolute Gasteiger partial charge is 0.319 e. The van der Waals surface area contributed by atoms with Crippen molar-refractivity contribution in [3.05, 3.63) is 35.9 Å². The van der Waals surface area contributed by atoms with Gasteiger partial charge in [-0.15, -0.1) is 0 Å². The fraction of sp³-hybridized carbons (Fsp3) is 0.389. The number of halogens is 2. The van der Waals surface area contributed by atoms with Gasteiger partial charge < -0.3 is 4.98 Å². The van der Waals surface area contributed by atoms with Gasteiger partial charge in [-0.05, 0) is 18.6 Å². The predicted octanol–water partition coefficient (Wildman–Crippen LogP) is 2.15. The average Bonchev–Trinajstić information content (AvgIpc) is 3.29. The Hall–Kier alpha value is -2.84. The van der Waals surface area contributed by atoms with Gasteiger partial charge in [0, 0.05) is 42.6 Å². The van der Waals surface area contributed by atoms with Crippen LogP contribution in [0.25, 0.3) is 22.2 Å². The number of pyridine rings is 1. The largest absolute Gasteiger partial charge is 0.346 e. The molecule has 1 saturated heterocycles. The average molecular weight is 418 g/mol. The van der Waals surface area contributed by atoms with Crippen molar-refractivity contribution in [1.29, 1.82) is 5.26 Å². The van der Waals surface area contributed by atoms with E-state index in [1.807, 2.05) is 6.07 Å². The van der Waals surface area contributed by atoms with E-state index in [-0.39, 0.29) is 36.4 Å². The molecule has 1 fully saturated rings. The van der Waals surface area contributed by atoms with Crippen LogP contribution in [0.1, 0.15) is 24.6 Å². The Morgan fingerprint density at radius 3 is 2.79 bits per heavy atom. The molecule has 0 radical (unpaired) electrons. The van der Waals surface area contributed by atoms with Gasteiger partial charge in [-0.25, -0.2) is 13.4 Å². The molecule has 1 N–H and O–H groups in total. The molecule has 1 aliphatic heterocycles. The number of aromatic amines is 1. The second kappa shape index (κ2) is 5.61. The van der Waals surface area contributed by atoms with Crippen LogP contribution in [0.3, 0.4) is 0 Å². The maximum atomic E-state index is 15.2. The van der Waals surface area contributed by atoms with Crippen molar-refractivity contribution in [2.45, 2.75) is 24.8 Å². The van der Waals surface area contributed by atoms with Gasteiger partial charge in [0.2, 0.25) is 10.0 Å². The fourth-order valence-electron chi connectivity index (χ4n) is 4.18. The van der Waals surface area contributed by atoms with E-state index in [1.165, 1.54) is 34.5 Å².